The average Bonchev–Trinajstić information content (AvgIpc) is 2.46. The monoisotopic (exact) mass is 247 g/mol. The van der Waals surface area contributed by atoms with E-state index < -0.39 is 6.43 Å². The van der Waals surface area contributed by atoms with Crippen molar-refractivity contribution < 1.29 is 8.78 Å². The summed E-state index contributed by atoms with van der Waals surface area (Å²) in [5, 5.41) is 0. The van der Waals surface area contributed by atoms with Crippen LogP contribution in [0.1, 0.15) is 12.2 Å². The molecule has 0 saturated carbocycles. The Morgan fingerprint density at radius 2 is 2.23 bits per heavy atom. The lowest BCUT2D eigenvalue weighted by Gasteiger charge is -1.88. The predicted octanol–water partition coefficient (Wildman–Crippen LogP) is 2.66. The highest BCUT2D eigenvalue weighted by atomic mass is 79.9. The van der Waals surface area contributed by atoms with E-state index in [0.717, 1.165) is 4.47 Å². The quantitative estimate of drug-likeness (QED) is 0.842. The number of fused-ring (bicyclic) bond motifs is 1. The molecule has 0 spiro atoms. The molecule has 1 N–H and O–H groups in total. The molecule has 0 aliphatic rings. The highest BCUT2D eigenvalue weighted by Crippen LogP contribution is 2.20. The van der Waals surface area contributed by atoms with Crippen molar-refractivity contribution in [1.29, 1.82) is 0 Å². The SMILES string of the molecule is FC(F)c1nc2ncc(Br)cc2[nH]1. The van der Waals surface area contributed by atoms with Crippen molar-refractivity contribution in [2.75, 3.05) is 0 Å². The first-order valence-corrected chi connectivity index (χ1v) is 4.25. The molecule has 3 nitrogen and oxygen atoms in total. The smallest absolute Gasteiger partial charge is 0.295 e. The van der Waals surface area contributed by atoms with Gasteiger partial charge in [-0.05, 0) is 22.0 Å². The second-order valence-electron chi connectivity index (χ2n) is 2.45. The first-order chi connectivity index (χ1) is 6.16. The summed E-state index contributed by atoms with van der Waals surface area (Å²) in [5.74, 6) is -0.347. The van der Waals surface area contributed by atoms with Crippen molar-refractivity contribution in [3.8, 4) is 0 Å². The van der Waals surface area contributed by atoms with E-state index in [1.807, 2.05) is 0 Å². The second kappa shape index (κ2) is 3.02. The Morgan fingerprint density at radius 3 is 2.92 bits per heavy atom. The third-order valence-corrected chi connectivity index (χ3v) is 1.96. The van der Waals surface area contributed by atoms with Gasteiger partial charge in [0.05, 0.1) is 5.52 Å². The van der Waals surface area contributed by atoms with Gasteiger partial charge in [-0.2, -0.15) is 0 Å². The molecule has 2 heterocycles. The molecule has 0 atom stereocenters. The van der Waals surface area contributed by atoms with E-state index in [2.05, 4.69) is 30.9 Å². The van der Waals surface area contributed by atoms with Crippen LogP contribution < -0.4 is 0 Å². The number of imidazole rings is 1. The molecule has 0 aliphatic heterocycles. The van der Waals surface area contributed by atoms with E-state index in [0.29, 0.717) is 11.2 Å². The first-order valence-electron chi connectivity index (χ1n) is 3.46. The molecule has 2 aromatic heterocycles. The van der Waals surface area contributed by atoms with Gasteiger partial charge in [-0.1, -0.05) is 0 Å². The zero-order valence-corrected chi connectivity index (χ0v) is 7.85. The Labute approximate surface area is 80.3 Å². The summed E-state index contributed by atoms with van der Waals surface area (Å²) >= 11 is 3.18. The van der Waals surface area contributed by atoms with E-state index >= 15 is 0 Å². The Morgan fingerprint density at radius 1 is 1.46 bits per heavy atom. The maximum atomic E-state index is 12.2. The molecule has 13 heavy (non-hydrogen) atoms. The largest absolute Gasteiger partial charge is 0.336 e. The molecule has 2 rings (SSSR count). The number of hydrogen-bond acceptors (Lipinski definition) is 2. The topological polar surface area (TPSA) is 41.6 Å². The fourth-order valence-electron chi connectivity index (χ4n) is 0.997. The number of nitrogens with one attached hydrogen (secondary N) is 1. The van der Waals surface area contributed by atoms with Crippen LogP contribution in [0.3, 0.4) is 0 Å². The summed E-state index contributed by atoms with van der Waals surface area (Å²) in [7, 11) is 0. The standard InChI is InChI=1S/C7H4BrF2N3/c8-3-1-4-6(11-2-3)13-7(12-4)5(9)10/h1-2,5H,(H,11,12,13). The van der Waals surface area contributed by atoms with Crippen molar-refractivity contribution in [3.63, 3.8) is 0 Å². The summed E-state index contributed by atoms with van der Waals surface area (Å²) < 4.78 is 25.1. The second-order valence-corrected chi connectivity index (χ2v) is 3.36. The molecule has 6 heteroatoms. The van der Waals surface area contributed by atoms with Crippen LogP contribution in [0.4, 0.5) is 8.78 Å². The van der Waals surface area contributed by atoms with Gasteiger partial charge >= 0.3 is 0 Å². The van der Waals surface area contributed by atoms with E-state index in [1.54, 1.807) is 6.07 Å². The van der Waals surface area contributed by atoms with Crippen LogP contribution in [0.5, 0.6) is 0 Å². The van der Waals surface area contributed by atoms with Crippen LogP contribution in [-0.4, -0.2) is 15.0 Å². The Bertz CT molecular complexity index is 440. The lowest BCUT2D eigenvalue weighted by molar-refractivity contribution is 0.142. The molecule has 0 unspecified atom stereocenters. The molecular formula is C7H4BrF2N3. The van der Waals surface area contributed by atoms with Gasteiger partial charge in [0, 0.05) is 10.7 Å². The van der Waals surface area contributed by atoms with E-state index in [1.165, 1.54) is 6.20 Å². The normalized spacial score (nSPS) is 11.4. The number of rotatable bonds is 1. The number of halogens is 3. The average molecular weight is 248 g/mol. The summed E-state index contributed by atoms with van der Waals surface area (Å²) in [6.45, 7) is 0. The van der Waals surface area contributed by atoms with Gasteiger partial charge in [0.1, 0.15) is 0 Å². The first kappa shape index (κ1) is 8.55. The number of alkyl halides is 2. The molecule has 0 amide bonds. The van der Waals surface area contributed by atoms with Crippen LogP contribution in [0.25, 0.3) is 11.2 Å². The van der Waals surface area contributed by atoms with Crippen LogP contribution in [-0.2, 0) is 0 Å². The molecule has 0 aromatic carbocycles. The summed E-state index contributed by atoms with van der Waals surface area (Å²) in [4.78, 5) is 9.96. The summed E-state index contributed by atoms with van der Waals surface area (Å²) in [5.41, 5.74) is 0.808. The lowest BCUT2D eigenvalue weighted by atomic mass is 10.4. The molecule has 68 valence electrons. The van der Waals surface area contributed by atoms with Gasteiger partial charge in [0.2, 0.25) is 0 Å². The van der Waals surface area contributed by atoms with Gasteiger partial charge in [-0.25, -0.2) is 18.7 Å². The van der Waals surface area contributed by atoms with Gasteiger partial charge in [-0.3, -0.25) is 0 Å². The van der Waals surface area contributed by atoms with Crippen molar-refractivity contribution >= 4 is 27.1 Å². The number of hydrogen-bond donors (Lipinski definition) is 1. The highest BCUT2D eigenvalue weighted by Gasteiger charge is 2.12. The van der Waals surface area contributed by atoms with Crippen LogP contribution in [0.2, 0.25) is 0 Å². The molecule has 0 aliphatic carbocycles. The molecule has 2 aromatic rings. The molecule has 0 radical (unpaired) electrons. The third kappa shape index (κ3) is 1.53. The summed E-state index contributed by atoms with van der Waals surface area (Å²) in [6, 6.07) is 1.65. The van der Waals surface area contributed by atoms with Crippen LogP contribution >= 0.6 is 15.9 Å². The van der Waals surface area contributed by atoms with Crippen molar-refractivity contribution in [1.82, 2.24) is 15.0 Å². The minimum Gasteiger partial charge on any atom is -0.336 e. The maximum Gasteiger partial charge on any atom is 0.295 e. The van der Waals surface area contributed by atoms with Gasteiger partial charge in [0.25, 0.3) is 6.43 Å². The maximum absolute atomic E-state index is 12.2. The number of nitrogens with zero attached hydrogens (tertiary/aromatic N) is 2. The fourth-order valence-corrected chi connectivity index (χ4v) is 1.33. The van der Waals surface area contributed by atoms with E-state index in [4.69, 9.17) is 0 Å². The predicted molar refractivity (Wildman–Crippen MR) is 46.5 cm³/mol. The van der Waals surface area contributed by atoms with E-state index in [9.17, 15) is 8.78 Å². The lowest BCUT2D eigenvalue weighted by Crippen LogP contribution is -1.85. The van der Waals surface area contributed by atoms with Gasteiger partial charge < -0.3 is 4.98 Å². The molecule has 0 saturated heterocycles. The highest BCUT2D eigenvalue weighted by molar-refractivity contribution is 9.10. The molecule has 0 bridgehead atoms. The number of H-pyrrole nitrogens is 1. The summed E-state index contributed by atoms with van der Waals surface area (Å²) in [6.07, 6.45) is -1.08. The minimum absolute atomic E-state index is 0.304. The van der Waals surface area contributed by atoms with Crippen LogP contribution in [0.15, 0.2) is 16.7 Å². The Balaban J connectivity index is 2.62. The zero-order chi connectivity index (χ0) is 9.42. The van der Waals surface area contributed by atoms with Gasteiger partial charge in [-0.15, -0.1) is 0 Å². The number of aromatic amines is 1. The van der Waals surface area contributed by atoms with Gasteiger partial charge in [0.15, 0.2) is 11.5 Å². The van der Waals surface area contributed by atoms with Crippen molar-refractivity contribution in [3.05, 3.63) is 22.6 Å². The molecule has 0 fully saturated rings. The number of aromatic nitrogens is 3. The Kier molecular flexibility index (Phi) is 1.99. The van der Waals surface area contributed by atoms with Crippen molar-refractivity contribution in [2.45, 2.75) is 6.43 Å². The van der Waals surface area contributed by atoms with Crippen molar-refractivity contribution in [2.24, 2.45) is 0 Å². The Hall–Kier alpha value is -1.04. The van der Waals surface area contributed by atoms with Crippen LogP contribution in [0, 0.1) is 0 Å². The zero-order valence-electron chi connectivity index (χ0n) is 6.26. The third-order valence-electron chi connectivity index (χ3n) is 1.53. The number of pyridine rings is 1. The fraction of sp³-hybridized carbons (Fsp3) is 0.143. The minimum atomic E-state index is -2.59. The molecular weight excluding hydrogens is 244 g/mol. The van der Waals surface area contributed by atoms with E-state index in [-0.39, 0.29) is 5.82 Å².